The molecule has 4 aromatic rings. The van der Waals surface area contributed by atoms with Crippen molar-refractivity contribution < 1.29 is 25.2 Å². The largest absolute Gasteiger partial charge is 0.394 e. The van der Waals surface area contributed by atoms with Gasteiger partial charge in [0.05, 0.1) is 18.5 Å². The number of piperazine rings is 1. The Balaban J connectivity index is 1.14. The zero-order valence-electron chi connectivity index (χ0n) is 22.5. The number of rotatable bonds is 6. The molecular weight excluding hydrogens is 512 g/mol. The van der Waals surface area contributed by atoms with Crippen molar-refractivity contribution in [1.82, 2.24) is 19.5 Å². The number of benzene rings is 2. The molecule has 2 aliphatic heterocycles. The fourth-order valence-corrected chi connectivity index (χ4v) is 5.48. The van der Waals surface area contributed by atoms with Gasteiger partial charge in [0.25, 0.3) is 0 Å². The Morgan fingerprint density at radius 3 is 2.08 bits per heavy atom. The molecule has 6 rings (SSSR count). The van der Waals surface area contributed by atoms with Crippen LogP contribution in [-0.4, -0.2) is 91.0 Å². The minimum absolute atomic E-state index is 0.398. The molecule has 210 valence electrons. The molecule has 2 fully saturated rings. The van der Waals surface area contributed by atoms with Crippen molar-refractivity contribution >= 4 is 22.7 Å². The van der Waals surface area contributed by atoms with E-state index in [0.29, 0.717) is 17.0 Å². The van der Waals surface area contributed by atoms with E-state index in [4.69, 9.17) is 4.74 Å². The second-order valence-electron chi connectivity index (χ2n) is 10.9. The van der Waals surface area contributed by atoms with Gasteiger partial charge in [-0.25, -0.2) is 15.0 Å². The summed E-state index contributed by atoms with van der Waals surface area (Å²) in [5, 5.41) is 40.3. The van der Waals surface area contributed by atoms with E-state index in [1.54, 1.807) is 18.4 Å². The van der Waals surface area contributed by atoms with E-state index in [0.717, 1.165) is 48.6 Å². The predicted molar refractivity (Wildman–Crippen MR) is 150 cm³/mol. The van der Waals surface area contributed by atoms with Crippen LogP contribution >= 0.6 is 0 Å². The minimum Gasteiger partial charge on any atom is -0.394 e. The molecule has 4 N–H and O–H groups in total. The van der Waals surface area contributed by atoms with Gasteiger partial charge in [-0.2, -0.15) is 0 Å². The molecule has 4 atom stereocenters. The molecule has 2 aromatic heterocycles. The molecule has 0 amide bonds. The lowest BCUT2D eigenvalue weighted by molar-refractivity contribution is -0.0511. The Labute approximate surface area is 231 Å². The van der Waals surface area contributed by atoms with Crippen molar-refractivity contribution in [1.29, 1.82) is 0 Å². The van der Waals surface area contributed by atoms with Gasteiger partial charge in [0.1, 0.15) is 24.6 Å². The van der Waals surface area contributed by atoms with Crippen LogP contribution in [0.5, 0.6) is 0 Å². The van der Waals surface area contributed by atoms with Gasteiger partial charge >= 0.3 is 0 Å². The van der Waals surface area contributed by atoms with E-state index in [9.17, 15) is 20.4 Å². The second kappa shape index (κ2) is 10.4. The summed E-state index contributed by atoms with van der Waals surface area (Å²) < 4.78 is 7.26. The van der Waals surface area contributed by atoms with Crippen LogP contribution in [0.4, 0.5) is 11.5 Å². The van der Waals surface area contributed by atoms with E-state index >= 15 is 0 Å². The monoisotopic (exact) mass is 546 g/mol. The van der Waals surface area contributed by atoms with Crippen LogP contribution in [0.3, 0.4) is 0 Å². The first-order valence-corrected chi connectivity index (χ1v) is 13.5. The molecule has 0 unspecified atom stereocenters. The lowest BCUT2D eigenvalue weighted by atomic mass is 9.95. The Morgan fingerprint density at radius 2 is 1.48 bits per heavy atom. The number of ether oxygens (including phenoxy) is 1. The van der Waals surface area contributed by atoms with Crippen LogP contribution in [-0.2, 0) is 10.3 Å². The van der Waals surface area contributed by atoms with Gasteiger partial charge in [0.2, 0.25) is 0 Å². The third-order valence-electron chi connectivity index (χ3n) is 7.87. The molecule has 11 heteroatoms. The first-order chi connectivity index (χ1) is 19.2. The van der Waals surface area contributed by atoms with Crippen molar-refractivity contribution in [3.63, 3.8) is 0 Å². The van der Waals surface area contributed by atoms with Gasteiger partial charge in [-0.15, -0.1) is 0 Å². The molecule has 0 spiro atoms. The topological polar surface area (TPSA) is 140 Å². The molecular formula is C29H34N6O5. The number of imidazole rings is 1. The first-order valence-electron chi connectivity index (χ1n) is 13.5. The summed E-state index contributed by atoms with van der Waals surface area (Å²) in [5.74, 6) is 0.708. The van der Waals surface area contributed by atoms with E-state index in [-0.39, 0.29) is 0 Å². The number of aliphatic hydroxyl groups is 4. The maximum absolute atomic E-state index is 10.5. The second-order valence-corrected chi connectivity index (χ2v) is 10.9. The molecule has 0 bridgehead atoms. The van der Waals surface area contributed by atoms with E-state index < -0.39 is 36.7 Å². The average Bonchev–Trinajstić information content (AvgIpc) is 3.53. The highest BCUT2D eigenvalue weighted by atomic mass is 16.6. The Hall–Kier alpha value is -3.61. The van der Waals surface area contributed by atoms with Crippen LogP contribution in [0.2, 0.25) is 0 Å². The summed E-state index contributed by atoms with van der Waals surface area (Å²) in [6.45, 7) is 6.27. The van der Waals surface area contributed by atoms with Gasteiger partial charge < -0.3 is 35.0 Å². The number of fused-ring (bicyclic) bond motifs is 1. The van der Waals surface area contributed by atoms with Gasteiger partial charge in [0.15, 0.2) is 23.2 Å². The van der Waals surface area contributed by atoms with Crippen LogP contribution < -0.4 is 9.80 Å². The van der Waals surface area contributed by atoms with E-state index in [2.05, 4.69) is 49.0 Å². The number of hydrogen-bond acceptors (Lipinski definition) is 10. The molecule has 0 radical (unpaired) electrons. The normalized spacial score (nSPS) is 23.8. The smallest absolute Gasteiger partial charge is 0.167 e. The highest BCUT2D eigenvalue weighted by Gasteiger charge is 2.44. The van der Waals surface area contributed by atoms with Crippen molar-refractivity contribution in [2.24, 2.45) is 0 Å². The lowest BCUT2D eigenvalue weighted by Crippen LogP contribution is -2.47. The van der Waals surface area contributed by atoms with Crippen LogP contribution in [0.25, 0.3) is 22.3 Å². The highest BCUT2D eigenvalue weighted by Crippen LogP contribution is 2.33. The highest BCUT2D eigenvalue weighted by molar-refractivity contribution is 5.83. The van der Waals surface area contributed by atoms with Gasteiger partial charge in [-0.1, -0.05) is 36.4 Å². The fourth-order valence-electron chi connectivity index (χ4n) is 5.48. The molecule has 40 heavy (non-hydrogen) atoms. The Kier molecular flexibility index (Phi) is 6.93. The third-order valence-corrected chi connectivity index (χ3v) is 7.87. The number of nitrogens with zero attached hydrogens (tertiary/aromatic N) is 6. The lowest BCUT2D eigenvalue weighted by Gasteiger charge is -2.36. The van der Waals surface area contributed by atoms with Crippen molar-refractivity contribution in [3.8, 4) is 11.1 Å². The quantitative estimate of drug-likeness (QED) is 0.282. The number of aliphatic hydroxyl groups excluding tert-OH is 3. The zero-order valence-corrected chi connectivity index (χ0v) is 22.5. The third kappa shape index (κ3) is 4.80. The summed E-state index contributed by atoms with van der Waals surface area (Å²) in [5.41, 5.74) is 4.49. The summed E-state index contributed by atoms with van der Waals surface area (Å²) in [6.07, 6.45) is -1.19. The first kappa shape index (κ1) is 26.6. The predicted octanol–water partition coefficient (Wildman–Crippen LogP) is 1.66. The number of hydrogen-bond donors (Lipinski definition) is 4. The maximum Gasteiger partial charge on any atom is 0.167 e. The van der Waals surface area contributed by atoms with Crippen molar-refractivity contribution in [2.45, 2.75) is 44.0 Å². The van der Waals surface area contributed by atoms with E-state index in [1.807, 2.05) is 24.3 Å². The molecule has 2 aliphatic rings. The van der Waals surface area contributed by atoms with Gasteiger partial charge in [-0.05, 0) is 42.7 Å². The zero-order chi connectivity index (χ0) is 28.0. The van der Waals surface area contributed by atoms with Crippen LogP contribution in [0, 0.1) is 0 Å². The Morgan fingerprint density at radius 1 is 0.850 bits per heavy atom. The average molecular weight is 547 g/mol. The fraction of sp³-hybridized carbons (Fsp3) is 0.414. The SMILES string of the molecule is CC(C)(O)c1ccc(-c2ccc(N3CCN(c4ncnc5c4ncn5[C@@H]4O[C@H](CO)[C@@H](O)[C@H]4O)CC3)cc2)cc1. The molecule has 2 aromatic carbocycles. The molecule has 11 nitrogen and oxygen atoms in total. The summed E-state index contributed by atoms with van der Waals surface area (Å²) >= 11 is 0. The van der Waals surface area contributed by atoms with Crippen molar-refractivity contribution in [3.05, 3.63) is 66.7 Å². The van der Waals surface area contributed by atoms with Crippen LogP contribution in [0.1, 0.15) is 25.6 Å². The number of anilines is 2. The maximum atomic E-state index is 10.5. The van der Waals surface area contributed by atoms with Crippen LogP contribution in [0.15, 0.2) is 61.2 Å². The standard InChI is InChI=1S/C29H34N6O5/c1-29(2,39)20-7-3-18(4-8-20)19-5-9-21(10-6-19)33-11-13-34(14-12-33)26-23-27(31-16-30-26)35(17-32-23)28-25(38)24(37)22(15-36)40-28/h3-10,16-17,22,24-25,28,36-39H,11-15H2,1-2H3/t22-,24-,25-,28-/m1/s1. The van der Waals surface area contributed by atoms with Gasteiger partial charge in [-0.3, -0.25) is 4.57 Å². The summed E-state index contributed by atoms with van der Waals surface area (Å²) in [7, 11) is 0. The van der Waals surface area contributed by atoms with Crippen molar-refractivity contribution in [2.75, 3.05) is 42.6 Å². The molecule has 2 saturated heterocycles. The van der Waals surface area contributed by atoms with Gasteiger partial charge in [0, 0.05) is 31.9 Å². The molecule has 0 aliphatic carbocycles. The molecule has 0 saturated carbocycles. The summed E-state index contributed by atoms with van der Waals surface area (Å²) in [4.78, 5) is 17.9. The number of aromatic nitrogens is 4. The molecule has 4 heterocycles. The van der Waals surface area contributed by atoms with E-state index in [1.165, 1.54) is 12.7 Å². The summed E-state index contributed by atoms with van der Waals surface area (Å²) in [6, 6.07) is 16.5. The minimum atomic E-state index is -1.21. The Bertz CT molecular complexity index is 1460.